The Labute approximate surface area is 161 Å². The standard InChI is InChI=1S/C19H19ClN4O3/c1-12(2)27-15-7-4-13(5-8-15)23(3)19-16-10-14(24(25)26)6-9-17(16)21-18(11-20)22-19/h4-10,12H,11H2,1-3H3. The first-order chi connectivity index (χ1) is 12.9. The Morgan fingerprint density at radius 3 is 2.48 bits per heavy atom. The van der Waals surface area contributed by atoms with Crippen molar-refractivity contribution in [1.29, 1.82) is 0 Å². The summed E-state index contributed by atoms with van der Waals surface area (Å²) in [4.78, 5) is 21.4. The number of alkyl halides is 1. The molecule has 0 N–H and O–H groups in total. The van der Waals surface area contributed by atoms with Gasteiger partial charge in [0.15, 0.2) is 0 Å². The fourth-order valence-electron chi connectivity index (χ4n) is 2.72. The van der Waals surface area contributed by atoms with Gasteiger partial charge in [0, 0.05) is 24.9 Å². The zero-order valence-electron chi connectivity index (χ0n) is 15.2. The minimum absolute atomic E-state index is 0.0138. The molecule has 0 atom stereocenters. The lowest BCUT2D eigenvalue weighted by Crippen LogP contribution is -2.13. The van der Waals surface area contributed by atoms with E-state index in [1.165, 1.54) is 12.1 Å². The maximum atomic E-state index is 11.2. The minimum Gasteiger partial charge on any atom is -0.491 e. The summed E-state index contributed by atoms with van der Waals surface area (Å²) in [5.74, 6) is 1.93. The average molecular weight is 387 g/mol. The molecule has 2 aromatic carbocycles. The van der Waals surface area contributed by atoms with Gasteiger partial charge in [0.25, 0.3) is 5.69 Å². The molecule has 3 rings (SSSR count). The van der Waals surface area contributed by atoms with Crippen LogP contribution in [-0.2, 0) is 5.88 Å². The van der Waals surface area contributed by atoms with E-state index in [-0.39, 0.29) is 17.7 Å². The van der Waals surface area contributed by atoms with Crippen LogP contribution in [0.4, 0.5) is 17.2 Å². The third-order valence-corrected chi connectivity index (χ3v) is 4.19. The van der Waals surface area contributed by atoms with Crippen LogP contribution in [-0.4, -0.2) is 28.0 Å². The maximum Gasteiger partial charge on any atom is 0.270 e. The van der Waals surface area contributed by atoms with Crippen molar-refractivity contribution in [1.82, 2.24) is 9.97 Å². The van der Waals surface area contributed by atoms with Crippen molar-refractivity contribution in [2.75, 3.05) is 11.9 Å². The Bertz CT molecular complexity index is 977. The van der Waals surface area contributed by atoms with E-state index in [4.69, 9.17) is 16.3 Å². The molecule has 0 amide bonds. The van der Waals surface area contributed by atoms with E-state index in [9.17, 15) is 10.1 Å². The molecule has 1 aromatic heterocycles. The lowest BCUT2D eigenvalue weighted by molar-refractivity contribution is -0.384. The Morgan fingerprint density at radius 1 is 1.19 bits per heavy atom. The maximum absolute atomic E-state index is 11.2. The highest BCUT2D eigenvalue weighted by molar-refractivity contribution is 6.16. The predicted octanol–water partition coefficient (Wildman–Crippen LogP) is 4.83. The van der Waals surface area contributed by atoms with Gasteiger partial charge in [0.1, 0.15) is 17.4 Å². The Balaban J connectivity index is 2.07. The third kappa shape index (κ3) is 4.09. The van der Waals surface area contributed by atoms with Crippen LogP contribution in [0.1, 0.15) is 19.7 Å². The van der Waals surface area contributed by atoms with Gasteiger partial charge in [-0.3, -0.25) is 10.1 Å². The van der Waals surface area contributed by atoms with E-state index in [1.54, 1.807) is 6.07 Å². The fourth-order valence-corrected chi connectivity index (χ4v) is 2.84. The number of hydrogen-bond donors (Lipinski definition) is 0. The van der Waals surface area contributed by atoms with E-state index in [2.05, 4.69) is 9.97 Å². The molecule has 140 valence electrons. The van der Waals surface area contributed by atoms with Crippen molar-refractivity contribution in [3.05, 3.63) is 58.4 Å². The van der Waals surface area contributed by atoms with Crippen LogP contribution in [0.25, 0.3) is 10.9 Å². The van der Waals surface area contributed by atoms with E-state index in [0.717, 1.165) is 11.4 Å². The van der Waals surface area contributed by atoms with Crippen molar-refractivity contribution in [3.63, 3.8) is 0 Å². The molecular formula is C19H19ClN4O3. The van der Waals surface area contributed by atoms with Gasteiger partial charge >= 0.3 is 0 Å². The average Bonchev–Trinajstić information content (AvgIpc) is 2.66. The first kappa shape index (κ1) is 18.8. The molecule has 0 radical (unpaired) electrons. The molecule has 1 heterocycles. The largest absolute Gasteiger partial charge is 0.491 e. The highest BCUT2D eigenvalue weighted by Gasteiger charge is 2.16. The van der Waals surface area contributed by atoms with Crippen molar-refractivity contribution >= 4 is 39.7 Å². The zero-order valence-corrected chi connectivity index (χ0v) is 16.0. The van der Waals surface area contributed by atoms with Crippen molar-refractivity contribution in [3.8, 4) is 5.75 Å². The van der Waals surface area contributed by atoms with Gasteiger partial charge in [0.2, 0.25) is 0 Å². The number of nitro groups is 1. The number of rotatable bonds is 6. The second-order valence-electron chi connectivity index (χ2n) is 6.28. The summed E-state index contributed by atoms with van der Waals surface area (Å²) in [5, 5.41) is 11.7. The highest BCUT2D eigenvalue weighted by Crippen LogP contribution is 2.32. The smallest absolute Gasteiger partial charge is 0.270 e. The molecule has 0 saturated carbocycles. The van der Waals surface area contributed by atoms with Gasteiger partial charge < -0.3 is 9.64 Å². The molecular weight excluding hydrogens is 368 g/mol. The SMILES string of the molecule is CC(C)Oc1ccc(N(C)c2nc(CCl)nc3ccc([N+](=O)[O-])cc23)cc1. The highest BCUT2D eigenvalue weighted by atomic mass is 35.5. The van der Waals surface area contributed by atoms with Crippen molar-refractivity contribution in [2.45, 2.75) is 25.8 Å². The molecule has 0 fully saturated rings. The second kappa shape index (κ2) is 7.75. The number of anilines is 2. The topological polar surface area (TPSA) is 81.4 Å². The monoisotopic (exact) mass is 386 g/mol. The van der Waals surface area contributed by atoms with Crippen molar-refractivity contribution < 1.29 is 9.66 Å². The predicted molar refractivity (Wildman–Crippen MR) is 106 cm³/mol. The van der Waals surface area contributed by atoms with Crippen LogP contribution in [0.3, 0.4) is 0 Å². The summed E-state index contributed by atoms with van der Waals surface area (Å²) in [6, 6.07) is 12.1. The van der Waals surface area contributed by atoms with Gasteiger partial charge in [-0.05, 0) is 44.2 Å². The van der Waals surface area contributed by atoms with E-state index < -0.39 is 4.92 Å². The number of halogens is 1. The van der Waals surface area contributed by atoms with Crippen LogP contribution < -0.4 is 9.64 Å². The number of ether oxygens (including phenoxy) is 1. The van der Waals surface area contributed by atoms with E-state index in [1.807, 2.05) is 50.1 Å². The molecule has 27 heavy (non-hydrogen) atoms. The third-order valence-electron chi connectivity index (χ3n) is 3.95. The minimum atomic E-state index is -0.434. The van der Waals surface area contributed by atoms with Gasteiger partial charge in [-0.2, -0.15) is 0 Å². The molecule has 3 aromatic rings. The van der Waals surface area contributed by atoms with Crippen molar-refractivity contribution in [2.24, 2.45) is 0 Å². The fraction of sp³-hybridized carbons (Fsp3) is 0.263. The molecule has 0 aliphatic heterocycles. The summed E-state index contributed by atoms with van der Waals surface area (Å²) >= 11 is 5.93. The molecule has 7 nitrogen and oxygen atoms in total. The van der Waals surface area contributed by atoms with Crippen LogP contribution >= 0.6 is 11.6 Å². The molecule has 0 aliphatic rings. The van der Waals surface area contributed by atoms with Crippen LogP contribution in [0.2, 0.25) is 0 Å². The van der Waals surface area contributed by atoms with Gasteiger partial charge in [-0.25, -0.2) is 9.97 Å². The van der Waals surface area contributed by atoms with Gasteiger partial charge in [-0.1, -0.05) is 0 Å². The van der Waals surface area contributed by atoms with Crippen LogP contribution in [0.5, 0.6) is 5.75 Å². The lowest BCUT2D eigenvalue weighted by Gasteiger charge is -2.21. The number of benzene rings is 2. The normalized spacial score (nSPS) is 11.0. The number of nitro benzene ring substituents is 1. The number of fused-ring (bicyclic) bond motifs is 1. The Kier molecular flexibility index (Phi) is 5.41. The summed E-state index contributed by atoms with van der Waals surface area (Å²) in [7, 11) is 1.84. The summed E-state index contributed by atoms with van der Waals surface area (Å²) in [6.07, 6.45) is 0.0891. The number of hydrogen-bond acceptors (Lipinski definition) is 6. The van der Waals surface area contributed by atoms with E-state index in [0.29, 0.717) is 22.5 Å². The Morgan fingerprint density at radius 2 is 1.89 bits per heavy atom. The molecule has 0 aliphatic carbocycles. The van der Waals surface area contributed by atoms with Crippen LogP contribution in [0, 0.1) is 10.1 Å². The quantitative estimate of drug-likeness (QED) is 0.343. The summed E-state index contributed by atoms with van der Waals surface area (Å²) < 4.78 is 5.67. The lowest BCUT2D eigenvalue weighted by atomic mass is 10.2. The number of non-ortho nitro benzene ring substituents is 1. The zero-order chi connectivity index (χ0) is 19.6. The second-order valence-corrected chi connectivity index (χ2v) is 6.54. The first-order valence-electron chi connectivity index (χ1n) is 8.40. The molecule has 0 bridgehead atoms. The van der Waals surface area contributed by atoms with Gasteiger partial charge in [-0.15, -0.1) is 11.6 Å². The molecule has 0 saturated heterocycles. The number of aromatic nitrogens is 2. The first-order valence-corrected chi connectivity index (χ1v) is 8.94. The number of nitrogens with zero attached hydrogens (tertiary/aromatic N) is 4. The molecule has 0 spiro atoms. The summed E-state index contributed by atoms with van der Waals surface area (Å²) in [6.45, 7) is 3.93. The van der Waals surface area contributed by atoms with E-state index >= 15 is 0 Å². The summed E-state index contributed by atoms with van der Waals surface area (Å²) in [5.41, 5.74) is 1.45. The van der Waals surface area contributed by atoms with Gasteiger partial charge in [0.05, 0.1) is 27.8 Å². The van der Waals surface area contributed by atoms with Crippen LogP contribution in [0.15, 0.2) is 42.5 Å². The Hall–Kier alpha value is -2.93. The molecule has 0 unspecified atom stereocenters. The molecule has 8 heteroatoms.